The van der Waals surface area contributed by atoms with Crippen LogP contribution in [0.15, 0.2) is 59.9 Å². The number of pyridine rings is 2. The molecule has 0 aliphatic heterocycles. The lowest BCUT2D eigenvalue weighted by molar-refractivity contribution is 0.0127. The topological polar surface area (TPSA) is 56.6 Å². The van der Waals surface area contributed by atoms with E-state index in [1.807, 2.05) is 18.2 Å². The van der Waals surface area contributed by atoms with E-state index in [1.54, 1.807) is 25.4 Å². The van der Waals surface area contributed by atoms with Gasteiger partial charge in [0.1, 0.15) is 22.9 Å². The fraction of sp³-hybridized carbons (Fsp3) is 0.150. The van der Waals surface area contributed by atoms with Gasteiger partial charge in [0.2, 0.25) is 5.88 Å². The minimum absolute atomic E-state index is 0.286. The van der Waals surface area contributed by atoms with Gasteiger partial charge in [-0.2, -0.15) is 8.78 Å². The van der Waals surface area contributed by atoms with Crippen molar-refractivity contribution in [1.82, 2.24) is 9.97 Å². The Balaban J connectivity index is 2.00. The van der Waals surface area contributed by atoms with Gasteiger partial charge >= 0.3 is 0 Å². The Hall–Kier alpha value is -3.35. The zero-order valence-corrected chi connectivity index (χ0v) is 14.8. The zero-order valence-electron chi connectivity index (χ0n) is 14.8. The molecule has 138 valence electrons. The number of methoxy groups -OCH3 is 1. The van der Waals surface area contributed by atoms with Gasteiger partial charge in [-0.3, -0.25) is 9.98 Å². The number of hydrogen-bond donors (Lipinski definition) is 0. The van der Waals surface area contributed by atoms with E-state index in [0.717, 1.165) is 12.5 Å². The average molecular weight is 369 g/mol. The molecule has 1 aromatic carbocycles. The van der Waals surface area contributed by atoms with Gasteiger partial charge in [-0.15, -0.1) is 0 Å². The summed E-state index contributed by atoms with van der Waals surface area (Å²) >= 11 is 0. The Labute approximate surface area is 155 Å². The highest BCUT2D eigenvalue weighted by molar-refractivity contribution is 5.83. The van der Waals surface area contributed by atoms with Crippen molar-refractivity contribution in [3.8, 4) is 28.5 Å². The lowest BCUT2D eigenvalue weighted by Gasteiger charge is -2.14. The molecule has 0 N–H and O–H groups in total. The number of ether oxygens (including phenoxy) is 2. The molecule has 27 heavy (non-hydrogen) atoms. The minimum Gasteiger partial charge on any atom is -0.494 e. The van der Waals surface area contributed by atoms with E-state index in [-0.39, 0.29) is 11.6 Å². The number of alkyl halides is 2. The predicted molar refractivity (Wildman–Crippen MR) is 99.3 cm³/mol. The number of rotatable bonds is 6. The number of hydrogen-bond acceptors (Lipinski definition) is 5. The molecule has 2 heterocycles. The fourth-order valence-electron chi connectivity index (χ4n) is 2.56. The largest absolute Gasteiger partial charge is 0.494 e. The standard InChI is InChI=1S/C20H17F2N3O2/c1-20(21,22)17-10-9-13(12-25-17)27-19-15(7-5-11-24-19)14-6-4-8-16(26-3)18(14)23-2/h4-12H,2H2,1,3H3. The van der Waals surface area contributed by atoms with Crippen LogP contribution in [0, 0.1) is 0 Å². The number of nitrogens with zero attached hydrogens (tertiary/aromatic N) is 3. The number of aliphatic imine (C=N–C) groups is 1. The molecule has 2 aromatic heterocycles. The smallest absolute Gasteiger partial charge is 0.286 e. The predicted octanol–water partition coefficient (Wildman–Crippen LogP) is 5.39. The lowest BCUT2D eigenvalue weighted by Crippen LogP contribution is -2.09. The quantitative estimate of drug-likeness (QED) is 0.547. The molecule has 7 heteroatoms. The summed E-state index contributed by atoms with van der Waals surface area (Å²) in [7, 11) is 1.55. The second kappa shape index (κ2) is 7.49. The van der Waals surface area contributed by atoms with Gasteiger partial charge in [-0.05, 0) is 37.0 Å². The molecule has 0 aliphatic carbocycles. The maximum atomic E-state index is 13.3. The highest BCUT2D eigenvalue weighted by atomic mass is 19.3. The number of benzene rings is 1. The number of aromatic nitrogens is 2. The molecule has 0 bridgehead atoms. The van der Waals surface area contributed by atoms with E-state index in [2.05, 4.69) is 21.7 Å². The third-order valence-corrected chi connectivity index (χ3v) is 3.84. The van der Waals surface area contributed by atoms with Gasteiger partial charge in [-0.25, -0.2) is 4.98 Å². The number of para-hydroxylation sites is 1. The molecule has 3 aromatic rings. The Bertz CT molecular complexity index is 954. The van der Waals surface area contributed by atoms with Crippen molar-refractivity contribution in [3.63, 3.8) is 0 Å². The first kappa shape index (κ1) is 18.4. The third-order valence-electron chi connectivity index (χ3n) is 3.84. The fourth-order valence-corrected chi connectivity index (χ4v) is 2.56. The highest BCUT2D eigenvalue weighted by Crippen LogP contribution is 2.41. The monoisotopic (exact) mass is 369 g/mol. The lowest BCUT2D eigenvalue weighted by atomic mass is 10.0. The highest BCUT2D eigenvalue weighted by Gasteiger charge is 2.26. The summed E-state index contributed by atoms with van der Waals surface area (Å²) in [6, 6.07) is 11.7. The van der Waals surface area contributed by atoms with Crippen LogP contribution in [0.5, 0.6) is 17.4 Å². The van der Waals surface area contributed by atoms with Crippen molar-refractivity contribution in [2.75, 3.05) is 7.11 Å². The van der Waals surface area contributed by atoms with Gasteiger partial charge in [-0.1, -0.05) is 12.1 Å². The Morgan fingerprint density at radius 3 is 2.44 bits per heavy atom. The van der Waals surface area contributed by atoms with Crippen molar-refractivity contribution < 1.29 is 18.3 Å². The molecule has 0 aliphatic rings. The maximum Gasteiger partial charge on any atom is 0.286 e. The summed E-state index contributed by atoms with van der Waals surface area (Å²) in [6.45, 7) is 4.39. The van der Waals surface area contributed by atoms with Gasteiger partial charge in [0.15, 0.2) is 0 Å². The maximum absolute atomic E-state index is 13.3. The Kier molecular flexibility index (Phi) is 5.12. The van der Waals surface area contributed by atoms with Gasteiger partial charge in [0.05, 0.1) is 13.3 Å². The third kappa shape index (κ3) is 3.92. The summed E-state index contributed by atoms with van der Waals surface area (Å²) in [4.78, 5) is 12.1. The molecule has 0 radical (unpaired) electrons. The van der Waals surface area contributed by atoms with Crippen LogP contribution in [0.3, 0.4) is 0 Å². The normalized spacial score (nSPS) is 11.1. The van der Waals surface area contributed by atoms with Crippen molar-refractivity contribution in [2.45, 2.75) is 12.8 Å². The first-order valence-electron chi connectivity index (χ1n) is 8.05. The molecular formula is C20H17F2N3O2. The van der Waals surface area contributed by atoms with Crippen molar-refractivity contribution in [2.24, 2.45) is 4.99 Å². The van der Waals surface area contributed by atoms with E-state index < -0.39 is 5.92 Å². The van der Waals surface area contributed by atoms with Crippen LogP contribution in [0.1, 0.15) is 12.6 Å². The van der Waals surface area contributed by atoms with Crippen LogP contribution in [0.4, 0.5) is 14.5 Å². The van der Waals surface area contributed by atoms with Gasteiger partial charge in [0.25, 0.3) is 5.92 Å². The Morgan fingerprint density at radius 1 is 1.04 bits per heavy atom. The molecule has 0 atom stereocenters. The second-order valence-corrected chi connectivity index (χ2v) is 5.74. The summed E-state index contributed by atoms with van der Waals surface area (Å²) in [5.74, 6) is -1.87. The van der Waals surface area contributed by atoms with Gasteiger partial charge < -0.3 is 9.47 Å². The van der Waals surface area contributed by atoms with Crippen LogP contribution in [-0.2, 0) is 5.92 Å². The van der Waals surface area contributed by atoms with E-state index in [0.29, 0.717) is 22.7 Å². The molecule has 0 saturated heterocycles. The van der Waals surface area contributed by atoms with Crippen molar-refractivity contribution in [3.05, 3.63) is 60.6 Å². The summed E-state index contributed by atoms with van der Waals surface area (Å²) < 4.78 is 37.7. The molecule has 5 nitrogen and oxygen atoms in total. The SMILES string of the molecule is C=Nc1c(OC)cccc1-c1cccnc1Oc1ccc(C(C)(F)F)nc1. The summed E-state index contributed by atoms with van der Waals surface area (Å²) in [5, 5.41) is 0. The van der Waals surface area contributed by atoms with E-state index in [9.17, 15) is 8.78 Å². The molecule has 0 unspecified atom stereocenters. The first-order chi connectivity index (χ1) is 12.9. The van der Waals surface area contributed by atoms with E-state index in [1.165, 1.54) is 18.3 Å². The molecular weight excluding hydrogens is 352 g/mol. The van der Waals surface area contributed by atoms with E-state index in [4.69, 9.17) is 9.47 Å². The second-order valence-electron chi connectivity index (χ2n) is 5.74. The van der Waals surface area contributed by atoms with E-state index >= 15 is 0 Å². The summed E-state index contributed by atoms with van der Waals surface area (Å²) in [6.07, 6.45) is 2.81. The van der Waals surface area contributed by atoms with Gasteiger partial charge in [0, 0.05) is 24.2 Å². The molecule has 0 spiro atoms. The Morgan fingerprint density at radius 2 is 1.81 bits per heavy atom. The molecule has 0 fully saturated rings. The van der Waals surface area contributed by atoms with Crippen LogP contribution in [0.2, 0.25) is 0 Å². The molecule has 0 saturated carbocycles. The summed E-state index contributed by atoms with van der Waals surface area (Å²) in [5.41, 5.74) is 1.60. The van der Waals surface area contributed by atoms with Crippen LogP contribution in [0.25, 0.3) is 11.1 Å². The van der Waals surface area contributed by atoms with Crippen molar-refractivity contribution in [1.29, 1.82) is 0 Å². The molecule has 3 rings (SSSR count). The van der Waals surface area contributed by atoms with Crippen LogP contribution < -0.4 is 9.47 Å². The minimum atomic E-state index is -3.01. The van der Waals surface area contributed by atoms with Crippen molar-refractivity contribution >= 4 is 12.4 Å². The van der Waals surface area contributed by atoms with Crippen LogP contribution in [-0.4, -0.2) is 23.8 Å². The molecule has 0 amide bonds. The zero-order chi connectivity index (χ0) is 19.4. The first-order valence-corrected chi connectivity index (χ1v) is 8.05. The average Bonchev–Trinajstić information content (AvgIpc) is 2.67. The number of halogens is 2. The van der Waals surface area contributed by atoms with Crippen LogP contribution >= 0.6 is 0 Å².